The first-order valence-electron chi connectivity index (χ1n) is 6.09. The molecule has 1 fully saturated rings. The first-order chi connectivity index (χ1) is 9.51. The molecule has 0 saturated carbocycles. The molecular weight excluding hydrogens is 262 g/mol. The van der Waals surface area contributed by atoms with Crippen molar-refractivity contribution in [3.8, 4) is 5.75 Å². The third kappa shape index (κ3) is 2.87. The lowest BCUT2D eigenvalue weighted by Gasteiger charge is -2.22. The van der Waals surface area contributed by atoms with Gasteiger partial charge in [0.05, 0.1) is 12.7 Å². The molecule has 0 aromatic heterocycles. The molecule has 1 aliphatic rings. The standard InChI is InChI=1S/C13H15N3O4/c1-20-10-4-2-7(14)6-8(10)12(18)15-9-3-5-11(17)16-13(9)19/h2,4,6,9H,3,5,14H2,1H3,(H,15,18)(H,16,17,19). The summed E-state index contributed by atoms with van der Waals surface area (Å²) in [5.74, 6) is -0.938. The van der Waals surface area contributed by atoms with E-state index in [1.165, 1.54) is 13.2 Å². The van der Waals surface area contributed by atoms with Crippen molar-refractivity contribution in [3.05, 3.63) is 23.8 Å². The first kappa shape index (κ1) is 13.9. The highest BCUT2D eigenvalue weighted by Gasteiger charge is 2.28. The van der Waals surface area contributed by atoms with Crippen LogP contribution >= 0.6 is 0 Å². The van der Waals surface area contributed by atoms with Crippen molar-refractivity contribution in [2.24, 2.45) is 0 Å². The summed E-state index contributed by atoms with van der Waals surface area (Å²) in [6.07, 6.45) is 0.478. The molecule has 0 aliphatic carbocycles. The molecule has 1 unspecified atom stereocenters. The average Bonchev–Trinajstić information content (AvgIpc) is 2.41. The van der Waals surface area contributed by atoms with Crippen molar-refractivity contribution in [2.75, 3.05) is 12.8 Å². The van der Waals surface area contributed by atoms with E-state index < -0.39 is 17.9 Å². The Hall–Kier alpha value is -2.57. The van der Waals surface area contributed by atoms with E-state index in [2.05, 4.69) is 10.6 Å². The zero-order valence-electron chi connectivity index (χ0n) is 10.9. The van der Waals surface area contributed by atoms with Crippen LogP contribution in [0.2, 0.25) is 0 Å². The van der Waals surface area contributed by atoms with E-state index in [0.29, 0.717) is 11.4 Å². The van der Waals surface area contributed by atoms with Crippen molar-refractivity contribution < 1.29 is 19.1 Å². The van der Waals surface area contributed by atoms with Crippen molar-refractivity contribution in [3.63, 3.8) is 0 Å². The van der Waals surface area contributed by atoms with E-state index in [4.69, 9.17) is 10.5 Å². The minimum absolute atomic E-state index is 0.199. The Morgan fingerprint density at radius 3 is 2.85 bits per heavy atom. The van der Waals surface area contributed by atoms with Gasteiger partial charge in [-0.1, -0.05) is 0 Å². The van der Waals surface area contributed by atoms with Crippen LogP contribution in [0, 0.1) is 0 Å². The summed E-state index contributed by atoms with van der Waals surface area (Å²) in [6.45, 7) is 0. The lowest BCUT2D eigenvalue weighted by molar-refractivity contribution is -0.134. The predicted octanol–water partition coefficient (Wildman–Crippen LogP) is -0.188. The second kappa shape index (κ2) is 5.60. The summed E-state index contributed by atoms with van der Waals surface area (Å²) in [5, 5.41) is 4.75. The van der Waals surface area contributed by atoms with Gasteiger partial charge in [0, 0.05) is 12.1 Å². The smallest absolute Gasteiger partial charge is 0.255 e. The molecule has 1 aromatic carbocycles. The molecule has 3 amide bonds. The fraction of sp³-hybridized carbons (Fsp3) is 0.308. The van der Waals surface area contributed by atoms with Crippen LogP contribution in [0.4, 0.5) is 5.69 Å². The summed E-state index contributed by atoms with van der Waals surface area (Å²) in [4.78, 5) is 34.8. The number of benzene rings is 1. The fourth-order valence-electron chi connectivity index (χ4n) is 1.97. The van der Waals surface area contributed by atoms with E-state index in [0.717, 1.165) is 0 Å². The van der Waals surface area contributed by atoms with Gasteiger partial charge in [0.25, 0.3) is 5.91 Å². The maximum Gasteiger partial charge on any atom is 0.255 e. The highest BCUT2D eigenvalue weighted by Crippen LogP contribution is 2.21. The average molecular weight is 277 g/mol. The summed E-state index contributed by atoms with van der Waals surface area (Å²) >= 11 is 0. The van der Waals surface area contributed by atoms with Gasteiger partial charge < -0.3 is 15.8 Å². The number of ether oxygens (including phenoxy) is 1. The largest absolute Gasteiger partial charge is 0.496 e. The van der Waals surface area contributed by atoms with Crippen molar-refractivity contribution in [1.29, 1.82) is 0 Å². The number of anilines is 1. The van der Waals surface area contributed by atoms with Crippen LogP contribution in [0.1, 0.15) is 23.2 Å². The molecule has 1 atom stereocenters. The number of rotatable bonds is 3. The number of nitrogen functional groups attached to an aromatic ring is 1. The van der Waals surface area contributed by atoms with E-state index >= 15 is 0 Å². The summed E-state index contributed by atoms with van der Waals surface area (Å²) in [7, 11) is 1.44. The number of carbonyl (C=O) groups excluding carboxylic acids is 3. The Bertz CT molecular complexity index is 571. The molecule has 0 spiro atoms. The molecule has 106 valence electrons. The molecule has 4 N–H and O–H groups in total. The van der Waals surface area contributed by atoms with Gasteiger partial charge in [0.1, 0.15) is 11.8 Å². The van der Waals surface area contributed by atoms with Gasteiger partial charge >= 0.3 is 0 Å². The molecule has 1 heterocycles. The lowest BCUT2D eigenvalue weighted by Crippen LogP contribution is -2.52. The van der Waals surface area contributed by atoms with Crippen LogP contribution in [0.25, 0.3) is 0 Å². The van der Waals surface area contributed by atoms with Crippen LogP contribution in [0.15, 0.2) is 18.2 Å². The quantitative estimate of drug-likeness (QED) is 0.524. The number of hydrogen-bond donors (Lipinski definition) is 3. The normalized spacial score (nSPS) is 18.4. The van der Waals surface area contributed by atoms with Gasteiger partial charge in [-0.25, -0.2) is 0 Å². The Morgan fingerprint density at radius 1 is 1.45 bits per heavy atom. The second-order valence-corrected chi connectivity index (χ2v) is 4.44. The van der Waals surface area contributed by atoms with E-state index in [1.54, 1.807) is 12.1 Å². The van der Waals surface area contributed by atoms with Gasteiger partial charge in [-0.2, -0.15) is 0 Å². The Balaban J connectivity index is 2.14. The van der Waals surface area contributed by atoms with Gasteiger partial charge in [-0.15, -0.1) is 0 Å². The summed E-state index contributed by atoms with van der Waals surface area (Å²) in [6, 6.07) is 3.93. The van der Waals surface area contributed by atoms with Crippen molar-refractivity contribution >= 4 is 23.4 Å². The van der Waals surface area contributed by atoms with E-state index in [1.807, 2.05) is 0 Å². The number of hydrogen-bond acceptors (Lipinski definition) is 5. The number of carbonyl (C=O) groups is 3. The number of amides is 3. The maximum atomic E-state index is 12.2. The topological polar surface area (TPSA) is 111 Å². The minimum atomic E-state index is -0.730. The monoisotopic (exact) mass is 277 g/mol. The van der Waals surface area contributed by atoms with Gasteiger partial charge in [-0.3, -0.25) is 19.7 Å². The number of piperidine rings is 1. The molecular formula is C13H15N3O4. The Labute approximate surface area is 115 Å². The van der Waals surface area contributed by atoms with Gasteiger partial charge in [0.2, 0.25) is 11.8 Å². The van der Waals surface area contributed by atoms with Gasteiger partial charge in [-0.05, 0) is 24.6 Å². The molecule has 0 bridgehead atoms. The molecule has 2 rings (SSSR count). The van der Waals surface area contributed by atoms with E-state index in [-0.39, 0.29) is 24.3 Å². The number of imide groups is 1. The third-order valence-corrected chi connectivity index (χ3v) is 3.01. The van der Waals surface area contributed by atoms with Crippen molar-refractivity contribution in [2.45, 2.75) is 18.9 Å². The predicted molar refractivity (Wildman–Crippen MR) is 71.0 cm³/mol. The zero-order chi connectivity index (χ0) is 14.7. The minimum Gasteiger partial charge on any atom is -0.496 e. The molecule has 7 heteroatoms. The Morgan fingerprint density at radius 2 is 2.20 bits per heavy atom. The summed E-state index contributed by atoms with van der Waals surface area (Å²) in [5.41, 5.74) is 6.30. The molecule has 1 saturated heterocycles. The van der Waals surface area contributed by atoms with Crippen LogP contribution in [0.3, 0.4) is 0 Å². The van der Waals surface area contributed by atoms with E-state index in [9.17, 15) is 14.4 Å². The maximum absolute atomic E-state index is 12.2. The fourth-order valence-corrected chi connectivity index (χ4v) is 1.97. The number of nitrogens with two attached hydrogens (primary N) is 1. The summed E-state index contributed by atoms with van der Waals surface area (Å²) < 4.78 is 5.08. The number of nitrogens with one attached hydrogen (secondary N) is 2. The SMILES string of the molecule is COc1ccc(N)cc1C(=O)NC1CCC(=O)NC1=O. The molecule has 7 nitrogen and oxygen atoms in total. The molecule has 0 radical (unpaired) electrons. The molecule has 1 aromatic rings. The molecule has 1 aliphatic heterocycles. The van der Waals surface area contributed by atoms with Crippen LogP contribution < -0.4 is 21.1 Å². The van der Waals surface area contributed by atoms with Crippen LogP contribution in [-0.4, -0.2) is 30.9 Å². The number of methoxy groups -OCH3 is 1. The highest BCUT2D eigenvalue weighted by atomic mass is 16.5. The first-order valence-corrected chi connectivity index (χ1v) is 6.09. The third-order valence-electron chi connectivity index (χ3n) is 3.01. The van der Waals surface area contributed by atoms with Crippen LogP contribution in [0.5, 0.6) is 5.75 Å². The van der Waals surface area contributed by atoms with Crippen molar-refractivity contribution in [1.82, 2.24) is 10.6 Å². The van der Waals surface area contributed by atoms with Gasteiger partial charge in [0.15, 0.2) is 0 Å². The second-order valence-electron chi connectivity index (χ2n) is 4.44. The molecule has 20 heavy (non-hydrogen) atoms. The van der Waals surface area contributed by atoms with Crippen LogP contribution in [-0.2, 0) is 9.59 Å². The lowest BCUT2D eigenvalue weighted by atomic mass is 10.1. The Kier molecular flexibility index (Phi) is 3.88. The highest BCUT2D eigenvalue weighted by molar-refractivity contribution is 6.04. The zero-order valence-corrected chi connectivity index (χ0v) is 10.9.